The lowest BCUT2D eigenvalue weighted by Gasteiger charge is -2.07. The Kier molecular flexibility index (Phi) is 4.48. The maximum atomic E-state index is 12.4. The normalized spacial score (nSPS) is 11.9. The van der Waals surface area contributed by atoms with Crippen LogP contribution in [-0.4, -0.2) is 19.9 Å². The Morgan fingerprint density at radius 2 is 1.83 bits per heavy atom. The smallest absolute Gasteiger partial charge is 0.240 e. The van der Waals surface area contributed by atoms with Crippen LogP contribution >= 0.6 is 11.3 Å². The van der Waals surface area contributed by atoms with Gasteiger partial charge in [0.2, 0.25) is 10.0 Å². The SMILES string of the molecule is Cc1nc(C)c(CCNS(=O)(=O)c2ccc3ccccc3c2)s1. The van der Waals surface area contributed by atoms with E-state index in [9.17, 15) is 8.42 Å². The summed E-state index contributed by atoms with van der Waals surface area (Å²) in [6.45, 7) is 4.29. The fourth-order valence-corrected chi connectivity index (χ4v) is 4.53. The molecule has 0 unspecified atom stereocenters. The molecule has 0 fully saturated rings. The Balaban J connectivity index is 1.74. The highest BCUT2D eigenvalue weighted by molar-refractivity contribution is 7.89. The zero-order valence-electron chi connectivity index (χ0n) is 13.0. The van der Waals surface area contributed by atoms with E-state index < -0.39 is 10.0 Å². The van der Waals surface area contributed by atoms with Crippen LogP contribution in [0.4, 0.5) is 0 Å². The standard InChI is InChI=1S/C17H18N2O2S2/c1-12-17(22-13(2)19-12)9-10-18-23(20,21)16-8-7-14-5-3-4-6-15(14)11-16/h3-8,11,18H,9-10H2,1-2H3. The van der Waals surface area contributed by atoms with E-state index in [0.717, 1.165) is 26.4 Å². The number of sulfonamides is 1. The summed E-state index contributed by atoms with van der Waals surface area (Å²) >= 11 is 1.62. The predicted molar refractivity (Wildman–Crippen MR) is 94.4 cm³/mol. The van der Waals surface area contributed by atoms with E-state index in [4.69, 9.17) is 0 Å². The fraction of sp³-hybridized carbons (Fsp3) is 0.235. The van der Waals surface area contributed by atoms with Crippen LogP contribution in [-0.2, 0) is 16.4 Å². The van der Waals surface area contributed by atoms with Gasteiger partial charge >= 0.3 is 0 Å². The number of nitrogens with one attached hydrogen (secondary N) is 1. The van der Waals surface area contributed by atoms with Crippen LogP contribution in [0.3, 0.4) is 0 Å². The number of fused-ring (bicyclic) bond motifs is 1. The molecule has 120 valence electrons. The van der Waals surface area contributed by atoms with Crippen molar-refractivity contribution in [1.29, 1.82) is 0 Å². The molecule has 2 aromatic carbocycles. The van der Waals surface area contributed by atoms with Gasteiger partial charge in [-0.1, -0.05) is 30.3 Å². The van der Waals surface area contributed by atoms with E-state index >= 15 is 0 Å². The summed E-state index contributed by atoms with van der Waals surface area (Å²) in [5, 5.41) is 2.96. The average Bonchev–Trinajstić information content (AvgIpc) is 2.84. The first-order chi connectivity index (χ1) is 11.0. The van der Waals surface area contributed by atoms with Crippen molar-refractivity contribution in [2.45, 2.75) is 25.2 Å². The molecular weight excluding hydrogens is 328 g/mol. The first kappa shape index (κ1) is 16.1. The Bertz CT molecular complexity index is 946. The van der Waals surface area contributed by atoms with Gasteiger partial charge in [0.15, 0.2) is 0 Å². The minimum Gasteiger partial charge on any atom is -0.247 e. The van der Waals surface area contributed by atoms with Crippen LogP contribution < -0.4 is 4.72 Å². The average molecular weight is 346 g/mol. The van der Waals surface area contributed by atoms with E-state index in [1.807, 2.05) is 44.2 Å². The molecule has 0 aliphatic carbocycles. The second kappa shape index (κ2) is 6.39. The van der Waals surface area contributed by atoms with Crippen LogP contribution in [0.5, 0.6) is 0 Å². The van der Waals surface area contributed by atoms with Crippen LogP contribution in [0, 0.1) is 13.8 Å². The van der Waals surface area contributed by atoms with Gasteiger partial charge in [0.25, 0.3) is 0 Å². The van der Waals surface area contributed by atoms with Gasteiger partial charge in [-0.2, -0.15) is 0 Å². The molecule has 1 aromatic heterocycles. The molecular formula is C17H18N2O2S2. The van der Waals surface area contributed by atoms with Crippen molar-refractivity contribution in [2.75, 3.05) is 6.54 Å². The van der Waals surface area contributed by atoms with Gasteiger partial charge in [-0.3, -0.25) is 0 Å². The zero-order chi connectivity index (χ0) is 16.4. The second-order valence-electron chi connectivity index (χ2n) is 5.40. The van der Waals surface area contributed by atoms with Crippen molar-refractivity contribution < 1.29 is 8.42 Å². The highest BCUT2D eigenvalue weighted by atomic mass is 32.2. The zero-order valence-corrected chi connectivity index (χ0v) is 14.7. The number of aryl methyl sites for hydroxylation is 2. The van der Waals surface area contributed by atoms with E-state index in [1.54, 1.807) is 23.5 Å². The summed E-state index contributed by atoms with van der Waals surface area (Å²) in [6.07, 6.45) is 0.657. The van der Waals surface area contributed by atoms with Gasteiger partial charge in [-0.25, -0.2) is 18.1 Å². The number of hydrogen-bond donors (Lipinski definition) is 1. The number of thiazole rings is 1. The summed E-state index contributed by atoms with van der Waals surface area (Å²) < 4.78 is 27.5. The molecule has 3 rings (SSSR count). The number of aromatic nitrogens is 1. The first-order valence-electron chi connectivity index (χ1n) is 7.37. The van der Waals surface area contributed by atoms with E-state index in [2.05, 4.69) is 9.71 Å². The molecule has 0 spiro atoms. The summed E-state index contributed by atoms with van der Waals surface area (Å²) in [4.78, 5) is 5.79. The minimum atomic E-state index is -3.49. The van der Waals surface area contributed by atoms with Crippen molar-refractivity contribution >= 4 is 32.1 Å². The van der Waals surface area contributed by atoms with Crippen molar-refractivity contribution in [3.05, 3.63) is 58.0 Å². The summed E-state index contributed by atoms with van der Waals surface area (Å²) in [6, 6.07) is 12.9. The molecule has 1 N–H and O–H groups in total. The number of benzene rings is 2. The Morgan fingerprint density at radius 1 is 1.09 bits per heavy atom. The van der Waals surface area contributed by atoms with Gasteiger partial charge in [-0.15, -0.1) is 11.3 Å². The Labute approximate surface area is 140 Å². The van der Waals surface area contributed by atoms with Crippen molar-refractivity contribution in [3.63, 3.8) is 0 Å². The lowest BCUT2D eigenvalue weighted by molar-refractivity contribution is 0.582. The third-order valence-electron chi connectivity index (χ3n) is 3.67. The number of rotatable bonds is 5. The molecule has 1 heterocycles. The van der Waals surface area contributed by atoms with Crippen molar-refractivity contribution in [1.82, 2.24) is 9.71 Å². The second-order valence-corrected chi connectivity index (χ2v) is 8.45. The van der Waals surface area contributed by atoms with Crippen molar-refractivity contribution in [3.8, 4) is 0 Å². The molecule has 0 amide bonds. The minimum absolute atomic E-state index is 0.299. The van der Waals surface area contributed by atoms with Crippen LogP contribution in [0.15, 0.2) is 47.4 Å². The fourth-order valence-electron chi connectivity index (χ4n) is 2.52. The molecule has 0 bridgehead atoms. The summed E-state index contributed by atoms with van der Waals surface area (Å²) in [5.74, 6) is 0. The highest BCUT2D eigenvalue weighted by Crippen LogP contribution is 2.20. The van der Waals surface area contributed by atoms with E-state index in [0.29, 0.717) is 17.9 Å². The molecule has 23 heavy (non-hydrogen) atoms. The predicted octanol–water partition coefficient (Wildman–Crippen LogP) is 3.43. The van der Waals surface area contributed by atoms with Gasteiger partial charge < -0.3 is 0 Å². The van der Waals surface area contributed by atoms with Crippen LogP contribution in [0.25, 0.3) is 10.8 Å². The van der Waals surface area contributed by atoms with Crippen LogP contribution in [0.1, 0.15) is 15.6 Å². The topological polar surface area (TPSA) is 59.1 Å². The summed E-state index contributed by atoms with van der Waals surface area (Å²) in [7, 11) is -3.49. The molecule has 0 saturated heterocycles. The maximum Gasteiger partial charge on any atom is 0.240 e. The monoisotopic (exact) mass is 346 g/mol. The largest absolute Gasteiger partial charge is 0.247 e. The third kappa shape index (κ3) is 3.60. The third-order valence-corrected chi connectivity index (χ3v) is 6.27. The Morgan fingerprint density at radius 3 is 2.52 bits per heavy atom. The molecule has 3 aromatic rings. The van der Waals surface area contributed by atoms with E-state index in [1.165, 1.54) is 0 Å². The summed E-state index contributed by atoms with van der Waals surface area (Å²) in [5.41, 5.74) is 0.984. The van der Waals surface area contributed by atoms with E-state index in [-0.39, 0.29) is 0 Å². The van der Waals surface area contributed by atoms with Crippen molar-refractivity contribution in [2.24, 2.45) is 0 Å². The maximum absolute atomic E-state index is 12.4. The molecule has 4 nitrogen and oxygen atoms in total. The number of hydrogen-bond acceptors (Lipinski definition) is 4. The van der Waals surface area contributed by atoms with Gasteiger partial charge in [0.1, 0.15) is 0 Å². The van der Waals surface area contributed by atoms with Gasteiger partial charge in [0.05, 0.1) is 15.6 Å². The van der Waals surface area contributed by atoms with Gasteiger partial charge in [-0.05, 0) is 43.2 Å². The molecule has 6 heteroatoms. The lowest BCUT2D eigenvalue weighted by atomic mass is 10.1. The molecule has 0 radical (unpaired) electrons. The molecule has 0 aliphatic rings. The highest BCUT2D eigenvalue weighted by Gasteiger charge is 2.14. The van der Waals surface area contributed by atoms with Gasteiger partial charge in [0, 0.05) is 11.4 Å². The lowest BCUT2D eigenvalue weighted by Crippen LogP contribution is -2.25. The first-order valence-corrected chi connectivity index (χ1v) is 9.67. The Hall–Kier alpha value is -1.76. The number of nitrogens with zero attached hydrogens (tertiary/aromatic N) is 1. The molecule has 0 saturated carbocycles. The molecule has 0 atom stereocenters. The quantitative estimate of drug-likeness (QED) is 0.770. The molecule has 0 aliphatic heterocycles. The van der Waals surface area contributed by atoms with Crippen LogP contribution in [0.2, 0.25) is 0 Å².